The van der Waals surface area contributed by atoms with Gasteiger partial charge in [-0.25, -0.2) is 15.0 Å². The molecule has 0 aliphatic rings. The van der Waals surface area contributed by atoms with Crippen LogP contribution in [0.15, 0.2) is 73.3 Å². The smallest absolute Gasteiger partial charge is 0.224 e. The van der Waals surface area contributed by atoms with E-state index in [1.807, 2.05) is 42.0 Å². The van der Waals surface area contributed by atoms with Gasteiger partial charge in [0, 0.05) is 35.6 Å². The fraction of sp³-hybridized carbons (Fsp3) is 0.130. The lowest BCUT2D eigenvalue weighted by Crippen LogP contribution is -2.12. The van der Waals surface area contributed by atoms with Crippen molar-refractivity contribution in [1.82, 2.24) is 19.5 Å². The molecule has 7 nitrogen and oxygen atoms in total. The molecule has 8 heteroatoms. The van der Waals surface area contributed by atoms with Gasteiger partial charge in [0.05, 0.1) is 0 Å². The predicted molar refractivity (Wildman–Crippen MR) is 119 cm³/mol. The molecule has 1 N–H and O–H groups in total. The average molecular weight is 434 g/mol. The van der Waals surface area contributed by atoms with Crippen molar-refractivity contribution in [2.45, 2.75) is 19.8 Å². The molecule has 0 unspecified atom stereocenters. The molecule has 31 heavy (non-hydrogen) atoms. The molecule has 0 bridgehead atoms. The van der Waals surface area contributed by atoms with Crippen LogP contribution in [0.2, 0.25) is 5.02 Å². The molecule has 0 aliphatic heterocycles. The number of aromatic nitrogens is 4. The molecule has 1 amide bonds. The van der Waals surface area contributed by atoms with Crippen LogP contribution in [0.25, 0.3) is 5.82 Å². The Labute approximate surface area is 184 Å². The van der Waals surface area contributed by atoms with E-state index in [0.29, 0.717) is 41.0 Å². The van der Waals surface area contributed by atoms with Crippen molar-refractivity contribution in [3.63, 3.8) is 0 Å². The molecule has 0 aliphatic carbocycles. The number of hydrogen-bond acceptors (Lipinski definition) is 5. The number of hydrogen-bond donors (Lipinski definition) is 1. The van der Waals surface area contributed by atoms with Gasteiger partial charge >= 0.3 is 0 Å². The molecule has 156 valence electrons. The molecule has 0 atom stereocenters. The van der Waals surface area contributed by atoms with Gasteiger partial charge in [-0.2, -0.15) is 0 Å². The van der Waals surface area contributed by atoms with Gasteiger partial charge in [0.2, 0.25) is 11.8 Å². The zero-order valence-corrected chi connectivity index (χ0v) is 17.6. The quantitative estimate of drug-likeness (QED) is 0.444. The first-order chi connectivity index (χ1) is 15.1. The largest absolute Gasteiger partial charge is 0.439 e. The van der Waals surface area contributed by atoms with Crippen molar-refractivity contribution in [3.8, 4) is 17.4 Å². The summed E-state index contributed by atoms with van der Waals surface area (Å²) in [6, 6.07) is 16.4. The van der Waals surface area contributed by atoms with E-state index in [1.54, 1.807) is 36.5 Å². The molecule has 0 saturated carbocycles. The van der Waals surface area contributed by atoms with Crippen molar-refractivity contribution >= 4 is 23.2 Å². The molecule has 0 spiro atoms. The lowest BCUT2D eigenvalue weighted by molar-refractivity contribution is -0.116. The molecule has 4 aromatic rings. The predicted octanol–water partition coefficient (Wildman–Crippen LogP) is 4.99. The zero-order valence-electron chi connectivity index (χ0n) is 16.8. The second-order valence-corrected chi connectivity index (χ2v) is 7.30. The van der Waals surface area contributed by atoms with E-state index in [4.69, 9.17) is 16.3 Å². The summed E-state index contributed by atoms with van der Waals surface area (Å²) in [4.78, 5) is 24.8. The maximum Gasteiger partial charge on any atom is 0.224 e. The molecule has 2 aromatic heterocycles. The summed E-state index contributed by atoms with van der Waals surface area (Å²) in [5, 5.41) is 3.56. The number of anilines is 1. The summed E-state index contributed by atoms with van der Waals surface area (Å²) in [6.07, 6.45) is 5.97. The van der Waals surface area contributed by atoms with Crippen LogP contribution in [-0.4, -0.2) is 25.4 Å². The molecule has 0 fully saturated rings. The highest BCUT2D eigenvalue weighted by Crippen LogP contribution is 2.23. The van der Waals surface area contributed by atoms with Gasteiger partial charge in [0.15, 0.2) is 0 Å². The van der Waals surface area contributed by atoms with Gasteiger partial charge in [-0.1, -0.05) is 23.7 Å². The third-order valence-electron chi connectivity index (χ3n) is 4.59. The average Bonchev–Trinajstić information content (AvgIpc) is 3.20. The third-order valence-corrected chi connectivity index (χ3v) is 4.83. The number of imidazole rings is 1. The molecule has 2 heterocycles. The number of rotatable bonds is 7. The SMILES string of the molecule is Cc1nccn1-c1cc(Oc2ccc(NC(=O)CCc3cccc(Cl)c3)cc2)ncn1. The van der Waals surface area contributed by atoms with Crippen molar-refractivity contribution in [3.05, 3.63) is 89.7 Å². The number of benzene rings is 2. The van der Waals surface area contributed by atoms with Crippen molar-refractivity contribution in [2.75, 3.05) is 5.32 Å². The summed E-state index contributed by atoms with van der Waals surface area (Å²) in [5.74, 6) is 2.44. The van der Waals surface area contributed by atoms with E-state index in [1.165, 1.54) is 6.33 Å². The van der Waals surface area contributed by atoms with Gasteiger partial charge in [0.1, 0.15) is 23.7 Å². The Morgan fingerprint density at radius 3 is 2.68 bits per heavy atom. The summed E-state index contributed by atoms with van der Waals surface area (Å²) in [7, 11) is 0. The van der Waals surface area contributed by atoms with Gasteiger partial charge in [-0.05, 0) is 55.3 Å². The van der Waals surface area contributed by atoms with Gasteiger partial charge < -0.3 is 10.1 Å². The first-order valence-electron chi connectivity index (χ1n) is 9.71. The molecular formula is C23H20ClN5O2. The third kappa shape index (κ3) is 5.46. The summed E-state index contributed by atoms with van der Waals surface area (Å²) in [5.41, 5.74) is 1.72. The van der Waals surface area contributed by atoms with Crippen molar-refractivity contribution in [2.24, 2.45) is 0 Å². The molecule has 2 aromatic carbocycles. The van der Waals surface area contributed by atoms with E-state index in [9.17, 15) is 4.79 Å². The van der Waals surface area contributed by atoms with Crippen LogP contribution in [0.3, 0.4) is 0 Å². The van der Waals surface area contributed by atoms with Crippen LogP contribution in [0, 0.1) is 6.92 Å². The lowest BCUT2D eigenvalue weighted by Gasteiger charge is -2.09. The van der Waals surface area contributed by atoms with E-state index >= 15 is 0 Å². The fourth-order valence-electron chi connectivity index (χ4n) is 3.04. The second-order valence-electron chi connectivity index (χ2n) is 6.86. The lowest BCUT2D eigenvalue weighted by atomic mass is 10.1. The summed E-state index contributed by atoms with van der Waals surface area (Å²) in [6.45, 7) is 1.89. The van der Waals surface area contributed by atoms with Crippen LogP contribution in [-0.2, 0) is 11.2 Å². The van der Waals surface area contributed by atoms with Crippen molar-refractivity contribution in [1.29, 1.82) is 0 Å². The van der Waals surface area contributed by atoms with Crippen LogP contribution in [0.4, 0.5) is 5.69 Å². The summed E-state index contributed by atoms with van der Waals surface area (Å²) < 4.78 is 7.67. The fourth-order valence-corrected chi connectivity index (χ4v) is 3.25. The minimum Gasteiger partial charge on any atom is -0.439 e. The Hall–Kier alpha value is -3.71. The topological polar surface area (TPSA) is 81.9 Å². The van der Waals surface area contributed by atoms with Gasteiger partial charge in [0.25, 0.3) is 0 Å². The number of carbonyl (C=O) groups is 1. The number of halogens is 1. The number of ether oxygens (including phenoxy) is 1. The van der Waals surface area contributed by atoms with Crippen LogP contribution in [0.1, 0.15) is 17.8 Å². The minimum atomic E-state index is -0.0650. The van der Waals surface area contributed by atoms with Crippen LogP contribution in [0.5, 0.6) is 11.6 Å². The first-order valence-corrected chi connectivity index (χ1v) is 10.1. The summed E-state index contributed by atoms with van der Waals surface area (Å²) >= 11 is 5.98. The van der Waals surface area contributed by atoms with Crippen LogP contribution < -0.4 is 10.1 Å². The van der Waals surface area contributed by atoms with Gasteiger partial charge in [-0.3, -0.25) is 9.36 Å². The Bertz CT molecular complexity index is 1190. The zero-order chi connectivity index (χ0) is 21.6. The Morgan fingerprint density at radius 2 is 1.94 bits per heavy atom. The maximum atomic E-state index is 12.2. The second kappa shape index (κ2) is 9.40. The standard InChI is InChI=1S/C23H20ClN5O2/c1-16-25-11-12-29(16)21-14-23(27-15-26-21)31-20-8-6-19(7-9-20)28-22(30)10-5-17-3-2-4-18(24)13-17/h2-4,6-9,11-15H,5,10H2,1H3,(H,28,30). The highest BCUT2D eigenvalue weighted by Gasteiger charge is 2.07. The van der Waals surface area contributed by atoms with E-state index in [-0.39, 0.29) is 5.91 Å². The highest BCUT2D eigenvalue weighted by atomic mass is 35.5. The Morgan fingerprint density at radius 1 is 1.10 bits per heavy atom. The monoisotopic (exact) mass is 433 g/mol. The number of aryl methyl sites for hydroxylation is 2. The Balaban J connectivity index is 1.34. The molecule has 4 rings (SSSR count). The first kappa shape index (κ1) is 20.6. The minimum absolute atomic E-state index is 0.0650. The molecule has 0 saturated heterocycles. The number of carbonyl (C=O) groups excluding carboxylic acids is 1. The van der Waals surface area contributed by atoms with Gasteiger partial charge in [-0.15, -0.1) is 0 Å². The molecular weight excluding hydrogens is 414 g/mol. The maximum absolute atomic E-state index is 12.2. The number of nitrogens with one attached hydrogen (secondary N) is 1. The normalized spacial score (nSPS) is 10.6. The number of amides is 1. The van der Waals surface area contributed by atoms with E-state index in [2.05, 4.69) is 20.3 Å². The molecule has 0 radical (unpaired) electrons. The van der Waals surface area contributed by atoms with E-state index < -0.39 is 0 Å². The van der Waals surface area contributed by atoms with Crippen LogP contribution >= 0.6 is 11.6 Å². The Kier molecular flexibility index (Phi) is 6.24. The van der Waals surface area contributed by atoms with Crippen molar-refractivity contribution < 1.29 is 9.53 Å². The highest BCUT2D eigenvalue weighted by molar-refractivity contribution is 6.30. The van der Waals surface area contributed by atoms with E-state index in [0.717, 1.165) is 11.4 Å². The number of nitrogens with zero attached hydrogens (tertiary/aromatic N) is 4.